The van der Waals surface area contributed by atoms with Crippen molar-refractivity contribution >= 4 is 51.6 Å². The van der Waals surface area contributed by atoms with Crippen LogP contribution in [0, 0.1) is 3.57 Å². The summed E-state index contributed by atoms with van der Waals surface area (Å²) in [6.07, 6.45) is 1.26. The maximum absolute atomic E-state index is 11.4. The highest BCUT2D eigenvalue weighted by Gasteiger charge is 2.23. The van der Waals surface area contributed by atoms with Gasteiger partial charge in [0.2, 0.25) is 0 Å². The molecule has 0 aromatic heterocycles. The number of carbonyl (C=O) groups excluding carboxylic acids is 2. The van der Waals surface area contributed by atoms with Gasteiger partial charge in [0.25, 0.3) is 11.8 Å². The number of halogens is 2. The van der Waals surface area contributed by atoms with Gasteiger partial charge in [-0.15, -0.1) is 0 Å². The molecule has 0 aliphatic carbocycles. The quantitative estimate of drug-likeness (QED) is 0.631. The van der Waals surface area contributed by atoms with Gasteiger partial charge in [-0.25, -0.2) is 0 Å². The molecule has 1 N–H and O–H groups in total. The lowest BCUT2D eigenvalue weighted by Gasteiger charge is -2.03. The summed E-state index contributed by atoms with van der Waals surface area (Å²) in [4.78, 5) is 22.3. The summed E-state index contributed by atoms with van der Waals surface area (Å²) >= 11 is 8.11. The molecule has 3 nitrogen and oxygen atoms in total. The van der Waals surface area contributed by atoms with Crippen LogP contribution < -0.4 is 5.32 Å². The monoisotopic (exact) mass is 333 g/mol. The third-order valence-corrected chi connectivity index (χ3v) is 2.96. The summed E-state index contributed by atoms with van der Waals surface area (Å²) in [6, 6.07) is 5.31. The van der Waals surface area contributed by atoms with Gasteiger partial charge in [0, 0.05) is 20.2 Å². The Balaban J connectivity index is 2.51. The fraction of sp³-hybridized carbons (Fsp3) is 0. The van der Waals surface area contributed by atoms with Crippen molar-refractivity contribution in [3.63, 3.8) is 0 Å². The summed E-state index contributed by atoms with van der Waals surface area (Å²) in [5.74, 6) is -0.798. The molecule has 0 unspecified atom stereocenters. The third-order valence-electron chi connectivity index (χ3n) is 1.98. The molecule has 1 aromatic rings. The van der Waals surface area contributed by atoms with Crippen LogP contribution in [0.3, 0.4) is 0 Å². The Kier molecular flexibility index (Phi) is 2.79. The number of hydrogen-bond donors (Lipinski definition) is 1. The molecule has 5 heteroatoms. The number of amides is 2. The summed E-state index contributed by atoms with van der Waals surface area (Å²) in [5.41, 5.74) is 0.904. The van der Waals surface area contributed by atoms with Crippen molar-refractivity contribution in [1.82, 2.24) is 5.32 Å². The Morgan fingerprint density at radius 2 is 2.00 bits per heavy atom. The minimum absolute atomic E-state index is 0.321. The van der Waals surface area contributed by atoms with E-state index in [-0.39, 0.29) is 0 Å². The summed E-state index contributed by atoms with van der Waals surface area (Å²) in [5, 5.41) is 2.65. The highest BCUT2D eigenvalue weighted by atomic mass is 127. The molecule has 76 valence electrons. The first kappa shape index (κ1) is 10.6. The van der Waals surface area contributed by atoms with Gasteiger partial charge in [0.15, 0.2) is 0 Å². The van der Waals surface area contributed by atoms with E-state index in [0.717, 1.165) is 3.57 Å². The van der Waals surface area contributed by atoms with Crippen LogP contribution in [-0.4, -0.2) is 11.8 Å². The summed E-state index contributed by atoms with van der Waals surface area (Å²) < 4.78 is 0.978. The zero-order chi connectivity index (χ0) is 11.0. The van der Waals surface area contributed by atoms with Gasteiger partial charge in [-0.2, -0.15) is 0 Å². The molecule has 2 rings (SSSR count). The first-order valence-electron chi connectivity index (χ1n) is 4.10. The second kappa shape index (κ2) is 3.94. The van der Waals surface area contributed by atoms with Crippen LogP contribution in [-0.2, 0) is 9.59 Å². The highest BCUT2D eigenvalue weighted by molar-refractivity contribution is 14.1. The van der Waals surface area contributed by atoms with Crippen LogP contribution in [0.1, 0.15) is 5.56 Å². The van der Waals surface area contributed by atoms with Crippen molar-refractivity contribution in [1.29, 1.82) is 0 Å². The molecule has 1 aliphatic rings. The predicted octanol–water partition coefficient (Wildman–Crippen LogP) is 1.98. The van der Waals surface area contributed by atoms with Gasteiger partial charge >= 0.3 is 0 Å². The average molecular weight is 334 g/mol. The lowest BCUT2D eigenvalue weighted by molar-refractivity contribution is -0.123. The third kappa shape index (κ3) is 2.05. The van der Waals surface area contributed by atoms with Crippen LogP contribution in [0.5, 0.6) is 0 Å². The Hall–Kier alpha value is -0.880. The number of carbonyl (C=O) groups is 2. The van der Waals surface area contributed by atoms with Gasteiger partial charge in [0.05, 0.1) is 5.57 Å². The van der Waals surface area contributed by atoms with Crippen molar-refractivity contribution in [2.24, 2.45) is 0 Å². The van der Waals surface area contributed by atoms with E-state index in [1.807, 2.05) is 6.07 Å². The van der Waals surface area contributed by atoms with E-state index >= 15 is 0 Å². The molecular formula is C10H5ClINO2. The number of benzene rings is 1. The van der Waals surface area contributed by atoms with Crippen LogP contribution >= 0.6 is 34.2 Å². The molecule has 1 aromatic carbocycles. The molecule has 0 spiro atoms. The van der Waals surface area contributed by atoms with E-state index in [2.05, 4.69) is 27.9 Å². The van der Waals surface area contributed by atoms with Gasteiger partial charge in [-0.3, -0.25) is 14.9 Å². The van der Waals surface area contributed by atoms with Gasteiger partial charge in [-0.05, 0) is 34.7 Å². The highest BCUT2D eigenvalue weighted by Crippen LogP contribution is 2.27. The van der Waals surface area contributed by atoms with Gasteiger partial charge < -0.3 is 0 Å². The maximum Gasteiger partial charge on any atom is 0.258 e. The molecule has 0 bridgehead atoms. The summed E-state index contributed by atoms with van der Waals surface area (Å²) in [7, 11) is 0. The van der Waals surface area contributed by atoms with Crippen LogP contribution in [0.15, 0.2) is 24.3 Å². The number of imide groups is 1. The predicted molar refractivity (Wildman–Crippen MR) is 65.3 cm³/mol. The standard InChI is InChI=1S/C10H5ClINO2/c11-8-3-5(12)1-2-6(8)7-4-9(14)13-10(7)15/h1-4H,(H,13,14,15). The van der Waals surface area contributed by atoms with E-state index in [1.54, 1.807) is 12.1 Å². The minimum Gasteiger partial charge on any atom is -0.289 e. The Morgan fingerprint density at radius 3 is 2.53 bits per heavy atom. The van der Waals surface area contributed by atoms with E-state index in [1.165, 1.54) is 6.08 Å². The zero-order valence-corrected chi connectivity index (χ0v) is 10.3. The van der Waals surface area contributed by atoms with Crippen molar-refractivity contribution < 1.29 is 9.59 Å². The largest absolute Gasteiger partial charge is 0.289 e. The lowest BCUT2D eigenvalue weighted by Crippen LogP contribution is -2.21. The van der Waals surface area contributed by atoms with Crippen molar-refractivity contribution in [3.05, 3.63) is 38.4 Å². The normalized spacial score (nSPS) is 15.2. The van der Waals surface area contributed by atoms with E-state index in [9.17, 15) is 9.59 Å². The molecule has 1 aliphatic heterocycles. The Morgan fingerprint density at radius 1 is 1.27 bits per heavy atom. The number of hydrogen-bond acceptors (Lipinski definition) is 2. The fourth-order valence-electron chi connectivity index (χ4n) is 1.32. The first-order valence-corrected chi connectivity index (χ1v) is 5.56. The molecule has 15 heavy (non-hydrogen) atoms. The Labute approximate surface area is 105 Å². The molecule has 0 saturated heterocycles. The van der Waals surface area contributed by atoms with Crippen LogP contribution in [0.25, 0.3) is 5.57 Å². The molecule has 2 amide bonds. The molecule has 1 heterocycles. The fourth-order valence-corrected chi connectivity index (χ4v) is 2.28. The van der Waals surface area contributed by atoms with Crippen LogP contribution in [0.2, 0.25) is 5.02 Å². The van der Waals surface area contributed by atoms with E-state index in [0.29, 0.717) is 16.2 Å². The second-order valence-electron chi connectivity index (χ2n) is 3.00. The SMILES string of the molecule is O=C1C=C(c2ccc(I)cc2Cl)C(=O)N1. The molecular weight excluding hydrogens is 328 g/mol. The van der Waals surface area contributed by atoms with Crippen molar-refractivity contribution in [2.45, 2.75) is 0 Å². The molecule has 0 radical (unpaired) electrons. The first-order chi connectivity index (χ1) is 7.08. The molecule has 0 fully saturated rings. The Bertz CT molecular complexity index is 496. The second-order valence-corrected chi connectivity index (χ2v) is 4.65. The zero-order valence-electron chi connectivity index (χ0n) is 7.38. The molecule has 0 saturated carbocycles. The minimum atomic E-state index is -0.400. The maximum atomic E-state index is 11.4. The number of nitrogens with one attached hydrogen (secondary N) is 1. The van der Waals surface area contributed by atoms with E-state index in [4.69, 9.17) is 11.6 Å². The molecule has 0 atom stereocenters. The lowest BCUT2D eigenvalue weighted by atomic mass is 10.1. The van der Waals surface area contributed by atoms with Gasteiger partial charge in [0.1, 0.15) is 0 Å². The van der Waals surface area contributed by atoms with Crippen LogP contribution in [0.4, 0.5) is 0 Å². The van der Waals surface area contributed by atoms with Crippen molar-refractivity contribution in [3.8, 4) is 0 Å². The average Bonchev–Trinajstić information content (AvgIpc) is 2.45. The number of rotatable bonds is 1. The smallest absolute Gasteiger partial charge is 0.258 e. The van der Waals surface area contributed by atoms with E-state index < -0.39 is 11.8 Å². The topological polar surface area (TPSA) is 46.2 Å². The van der Waals surface area contributed by atoms with Gasteiger partial charge in [-0.1, -0.05) is 17.7 Å². The van der Waals surface area contributed by atoms with Crippen molar-refractivity contribution in [2.75, 3.05) is 0 Å². The summed E-state index contributed by atoms with van der Waals surface area (Å²) in [6.45, 7) is 0.